The molecule has 1 aromatic heterocycles. The molecule has 2 unspecified atom stereocenters. The maximum Gasteiger partial charge on any atom is 0.193 e. The zero-order chi connectivity index (χ0) is 20.6. The highest BCUT2D eigenvalue weighted by Gasteiger charge is 2.25. The summed E-state index contributed by atoms with van der Waals surface area (Å²) >= 11 is 1.83. The van der Waals surface area contributed by atoms with Gasteiger partial charge in [-0.1, -0.05) is 19.1 Å². The van der Waals surface area contributed by atoms with E-state index in [0.717, 1.165) is 42.7 Å². The second kappa shape index (κ2) is 12.4. The van der Waals surface area contributed by atoms with Gasteiger partial charge in [0.15, 0.2) is 5.96 Å². The van der Waals surface area contributed by atoms with E-state index in [2.05, 4.69) is 33.3 Å². The highest BCUT2D eigenvalue weighted by Crippen LogP contribution is 2.30. The second-order valence-corrected chi connectivity index (χ2v) is 8.31. The highest BCUT2D eigenvalue weighted by atomic mass is 127. The predicted molar refractivity (Wildman–Crippen MR) is 133 cm³/mol. The van der Waals surface area contributed by atoms with Gasteiger partial charge in [-0.25, -0.2) is 0 Å². The lowest BCUT2D eigenvalue weighted by molar-refractivity contribution is -0.00805. The summed E-state index contributed by atoms with van der Waals surface area (Å²) in [5.74, 6) is 3.35. The lowest BCUT2D eigenvalue weighted by Gasteiger charge is -2.35. The summed E-state index contributed by atoms with van der Waals surface area (Å²) in [5.41, 5.74) is 1.11. The standard InChI is InChI=1S/C21H31N5O2S.HI/c1-16(15-29-20-8-6-5-7-18(20)27-4)11-23-21(22-2)26-9-10-28-19(14-26)17-12-24-25(3)13-17;/h5-8,12-13,16,19H,9-11,14-15H2,1-4H3,(H,22,23);1H. The minimum atomic E-state index is 0. The lowest BCUT2D eigenvalue weighted by atomic mass is 10.1. The van der Waals surface area contributed by atoms with Gasteiger partial charge < -0.3 is 19.7 Å². The van der Waals surface area contributed by atoms with Gasteiger partial charge in [-0.2, -0.15) is 5.10 Å². The van der Waals surface area contributed by atoms with Gasteiger partial charge in [-0.05, 0) is 18.1 Å². The van der Waals surface area contributed by atoms with Gasteiger partial charge in [0, 0.05) is 49.6 Å². The van der Waals surface area contributed by atoms with Crippen LogP contribution in [0.5, 0.6) is 5.75 Å². The van der Waals surface area contributed by atoms with Gasteiger partial charge in [0.2, 0.25) is 0 Å². The van der Waals surface area contributed by atoms with Crippen LogP contribution in [0.25, 0.3) is 0 Å². The molecule has 2 heterocycles. The Bertz CT molecular complexity index is 816. The third-order valence-electron chi connectivity index (χ3n) is 4.88. The maximum atomic E-state index is 5.94. The molecule has 1 aromatic carbocycles. The predicted octanol–water partition coefficient (Wildman–Crippen LogP) is 3.42. The summed E-state index contributed by atoms with van der Waals surface area (Å²) in [6.07, 6.45) is 3.91. The fourth-order valence-electron chi connectivity index (χ4n) is 3.28. The highest BCUT2D eigenvalue weighted by molar-refractivity contribution is 14.0. The Morgan fingerprint density at radius 2 is 2.23 bits per heavy atom. The SMILES string of the molecule is CN=C(NCC(C)CSc1ccccc1OC)N1CCOC(c2cnn(C)c2)C1.I. The number of nitrogens with one attached hydrogen (secondary N) is 1. The van der Waals surface area contributed by atoms with Crippen molar-refractivity contribution in [2.45, 2.75) is 17.9 Å². The van der Waals surface area contributed by atoms with Crippen LogP contribution in [0.15, 0.2) is 46.5 Å². The molecule has 0 bridgehead atoms. The van der Waals surface area contributed by atoms with E-state index in [1.54, 1.807) is 7.11 Å². The number of ether oxygens (including phenoxy) is 2. The summed E-state index contributed by atoms with van der Waals surface area (Å²) in [5, 5.41) is 7.80. The first-order valence-corrected chi connectivity index (χ1v) is 10.9. The van der Waals surface area contributed by atoms with E-state index in [9.17, 15) is 0 Å². The summed E-state index contributed by atoms with van der Waals surface area (Å²) < 4.78 is 13.2. The summed E-state index contributed by atoms with van der Waals surface area (Å²) in [6.45, 7) is 5.40. The van der Waals surface area contributed by atoms with E-state index >= 15 is 0 Å². The number of para-hydroxylation sites is 1. The van der Waals surface area contributed by atoms with Crippen molar-refractivity contribution in [1.82, 2.24) is 20.0 Å². The molecular formula is C21H32IN5O2S. The summed E-state index contributed by atoms with van der Waals surface area (Å²) in [7, 11) is 5.48. The van der Waals surface area contributed by atoms with E-state index in [4.69, 9.17) is 9.47 Å². The van der Waals surface area contributed by atoms with Crippen molar-refractivity contribution in [3.05, 3.63) is 42.2 Å². The molecule has 1 saturated heterocycles. The first-order valence-electron chi connectivity index (χ1n) is 9.92. The van der Waals surface area contributed by atoms with Crippen LogP contribution in [0.4, 0.5) is 0 Å². The van der Waals surface area contributed by atoms with Gasteiger partial charge in [0.1, 0.15) is 11.9 Å². The molecule has 0 aliphatic carbocycles. The average Bonchev–Trinajstić information content (AvgIpc) is 3.19. The number of guanidine groups is 1. The van der Waals surface area contributed by atoms with Crippen molar-refractivity contribution in [1.29, 1.82) is 0 Å². The van der Waals surface area contributed by atoms with E-state index < -0.39 is 0 Å². The van der Waals surface area contributed by atoms with Crippen molar-refractivity contribution in [2.75, 3.05) is 46.2 Å². The Morgan fingerprint density at radius 3 is 2.93 bits per heavy atom. The minimum Gasteiger partial charge on any atom is -0.496 e. The Morgan fingerprint density at radius 1 is 1.43 bits per heavy atom. The number of hydrogen-bond donors (Lipinski definition) is 1. The monoisotopic (exact) mass is 545 g/mol. The van der Waals surface area contributed by atoms with E-state index in [1.807, 2.05) is 61.1 Å². The van der Waals surface area contributed by atoms with Gasteiger partial charge in [0.05, 0.1) is 26.5 Å². The molecule has 9 heteroatoms. The van der Waals surface area contributed by atoms with E-state index in [0.29, 0.717) is 12.5 Å². The van der Waals surface area contributed by atoms with E-state index in [-0.39, 0.29) is 30.1 Å². The van der Waals surface area contributed by atoms with Crippen LogP contribution in [-0.4, -0.2) is 66.8 Å². The molecule has 1 aliphatic heterocycles. The average molecular weight is 545 g/mol. The smallest absolute Gasteiger partial charge is 0.193 e. The normalized spacial score (nSPS) is 17.9. The molecule has 0 saturated carbocycles. The van der Waals surface area contributed by atoms with Crippen LogP contribution < -0.4 is 10.1 Å². The van der Waals surface area contributed by atoms with Crippen molar-refractivity contribution in [2.24, 2.45) is 18.0 Å². The molecule has 0 radical (unpaired) electrons. The maximum absolute atomic E-state index is 5.94. The Labute approximate surface area is 200 Å². The largest absolute Gasteiger partial charge is 0.496 e. The molecule has 166 valence electrons. The van der Waals surface area contributed by atoms with Gasteiger partial charge >= 0.3 is 0 Å². The first kappa shape index (κ1) is 24.8. The molecule has 7 nitrogen and oxygen atoms in total. The second-order valence-electron chi connectivity index (χ2n) is 7.25. The number of benzene rings is 1. The lowest BCUT2D eigenvalue weighted by Crippen LogP contribution is -2.49. The molecule has 1 N–H and O–H groups in total. The number of methoxy groups -OCH3 is 1. The number of halogens is 1. The fourth-order valence-corrected chi connectivity index (χ4v) is 4.33. The number of aromatic nitrogens is 2. The van der Waals surface area contributed by atoms with Gasteiger partial charge in [-0.3, -0.25) is 9.67 Å². The van der Waals surface area contributed by atoms with E-state index in [1.165, 1.54) is 4.90 Å². The zero-order valence-corrected chi connectivity index (χ0v) is 21.2. The Balaban J connectivity index is 0.00000320. The number of morpholine rings is 1. The third-order valence-corrected chi connectivity index (χ3v) is 6.26. The molecule has 1 fully saturated rings. The molecule has 30 heavy (non-hydrogen) atoms. The van der Waals surface area contributed by atoms with Crippen molar-refractivity contribution < 1.29 is 9.47 Å². The third kappa shape index (κ3) is 6.78. The number of aliphatic imine (C=N–C) groups is 1. The molecule has 2 atom stereocenters. The van der Waals surface area contributed by atoms with Crippen LogP contribution >= 0.6 is 35.7 Å². The minimum absolute atomic E-state index is 0. The van der Waals surface area contributed by atoms with Crippen LogP contribution in [-0.2, 0) is 11.8 Å². The Kier molecular flexibility index (Phi) is 10.3. The van der Waals surface area contributed by atoms with Gasteiger partial charge in [0.25, 0.3) is 0 Å². The van der Waals surface area contributed by atoms with Crippen LogP contribution in [0.1, 0.15) is 18.6 Å². The summed E-state index contributed by atoms with van der Waals surface area (Å²) in [6, 6.07) is 8.16. The first-order chi connectivity index (χ1) is 14.1. The topological polar surface area (TPSA) is 63.9 Å². The summed E-state index contributed by atoms with van der Waals surface area (Å²) in [4.78, 5) is 7.94. The van der Waals surface area contributed by atoms with Gasteiger partial charge in [-0.15, -0.1) is 35.7 Å². The van der Waals surface area contributed by atoms with Crippen LogP contribution in [0.3, 0.4) is 0 Å². The zero-order valence-electron chi connectivity index (χ0n) is 18.1. The number of rotatable bonds is 7. The van der Waals surface area contributed by atoms with Crippen LogP contribution in [0.2, 0.25) is 0 Å². The molecular weight excluding hydrogens is 513 g/mol. The van der Waals surface area contributed by atoms with Crippen LogP contribution in [0, 0.1) is 5.92 Å². The van der Waals surface area contributed by atoms with Crippen molar-refractivity contribution in [3.8, 4) is 5.75 Å². The quantitative estimate of drug-likeness (QED) is 0.249. The molecule has 0 spiro atoms. The molecule has 3 rings (SSSR count). The van der Waals surface area contributed by atoms with Crippen molar-refractivity contribution in [3.63, 3.8) is 0 Å². The molecule has 2 aromatic rings. The molecule has 0 amide bonds. The number of nitrogens with zero attached hydrogens (tertiary/aromatic N) is 4. The van der Waals surface area contributed by atoms with Crippen molar-refractivity contribution >= 4 is 41.7 Å². The fraction of sp³-hybridized carbons (Fsp3) is 0.524. The molecule has 1 aliphatic rings. The number of hydrogen-bond acceptors (Lipinski definition) is 5. The Hall–Kier alpha value is -1.46. The number of aryl methyl sites for hydroxylation is 1. The number of thioether (sulfide) groups is 1.